The number of carbonyl (C=O) groups is 2. The van der Waals surface area contributed by atoms with Crippen LogP contribution in [0.2, 0.25) is 0 Å². The highest BCUT2D eigenvalue weighted by molar-refractivity contribution is 6.06. The highest BCUT2D eigenvalue weighted by Gasteiger charge is 2.68. The van der Waals surface area contributed by atoms with Crippen LogP contribution in [-0.4, -0.2) is 62.2 Å². The maximum Gasteiger partial charge on any atom is 0.189 e. The number of phenols is 2. The summed E-state index contributed by atoms with van der Waals surface area (Å²) in [6.45, 7) is 8.83. The van der Waals surface area contributed by atoms with Gasteiger partial charge >= 0.3 is 0 Å². The van der Waals surface area contributed by atoms with E-state index in [1.807, 2.05) is 6.92 Å². The topological polar surface area (TPSA) is 137 Å². The number of Topliss-reactive ketones (excluding diaryl/α,β-unsaturated/α-hetero) is 2. The molecule has 2 saturated heterocycles. The molecule has 2 heterocycles. The van der Waals surface area contributed by atoms with Crippen molar-refractivity contribution in [2.75, 3.05) is 0 Å². The molecule has 0 radical (unpaired) electrons. The van der Waals surface area contributed by atoms with Gasteiger partial charge in [-0.2, -0.15) is 0 Å². The van der Waals surface area contributed by atoms with E-state index < -0.39 is 53.2 Å². The summed E-state index contributed by atoms with van der Waals surface area (Å²) in [5.74, 6) is -3.17. The molecular formula is C23H32O8. The molecule has 0 saturated carbocycles. The standard InChI is InChI=1S/C23H32O8/c1-6-18-23(31-18)17(26)9-16(30-22(23)29)19(10(2)3)21(28)13-7-12(20(27)11(4)5)14(24)8-15(13)25/h7-8,10-11,16-19,22,24-26,29H,6,9H2,1-5H3/t16-,17-,18+,19?,22-,23+/m1/s1. The smallest absolute Gasteiger partial charge is 0.189 e. The third kappa shape index (κ3) is 3.98. The van der Waals surface area contributed by atoms with E-state index in [1.54, 1.807) is 27.7 Å². The molecule has 4 N–H and O–H groups in total. The average molecular weight is 437 g/mol. The van der Waals surface area contributed by atoms with Crippen molar-refractivity contribution in [1.29, 1.82) is 0 Å². The normalized spacial score (nSPS) is 31.3. The number of ketones is 2. The lowest BCUT2D eigenvalue weighted by molar-refractivity contribution is -0.240. The number of hydrogen-bond donors (Lipinski definition) is 4. The van der Waals surface area contributed by atoms with Gasteiger partial charge in [0.2, 0.25) is 0 Å². The lowest BCUT2D eigenvalue weighted by Crippen LogP contribution is -2.55. The second-order valence-electron chi connectivity index (χ2n) is 9.19. The predicted molar refractivity (Wildman–Crippen MR) is 111 cm³/mol. The summed E-state index contributed by atoms with van der Waals surface area (Å²) in [4.78, 5) is 25.9. The zero-order valence-corrected chi connectivity index (χ0v) is 18.5. The van der Waals surface area contributed by atoms with Gasteiger partial charge in [-0.05, 0) is 18.4 Å². The van der Waals surface area contributed by atoms with Crippen molar-refractivity contribution >= 4 is 11.6 Å². The molecule has 31 heavy (non-hydrogen) atoms. The predicted octanol–water partition coefficient (Wildman–Crippen LogP) is 2.41. The van der Waals surface area contributed by atoms with Crippen LogP contribution in [-0.2, 0) is 9.47 Å². The molecule has 172 valence electrons. The molecule has 0 bridgehead atoms. The number of rotatable bonds is 7. The summed E-state index contributed by atoms with van der Waals surface area (Å²) in [5.41, 5.74) is -1.31. The zero-order chi connectivity index (χ0) is 23.2. The Morgan fingerprint density at radius 1 is 1.06 bits per heavy atom. The Kier molecular flexibility index (Phi) is 6.49. The van der Waals surface area contributed by atoms with Gasteiger partial charge in [0.1, 0.15) is 11.5 Å². The third-order valence-corrected chi connectivity index (χ3v) is 6.42. The van der Waals surface area contributed by atoms with Crippen molar-refractivity contribution in [3.63, 3.8) is 0 Å². The van der Waals surface area contributed by atoms with E-state index in [-0.39, 0.29) is 35.4 Å². The molecule has 6 atom stereocenters. The van der Waals surface area contributed by atoms with Gasteiger partial charge in [-0.3, -0.25) is 9.59 Å². The van der Waals surface area contributed by atoms with Crippen LogP contribution in [0.5, 0.6) is 11.5 Å². The number of aliphatic hydroxyl groups is 2. The Hall–Kier alpha value is -2.00. The van der Waals surface area contributed by atoms with E-state index >= 15 is 0 Å². The first-order chi connectivity index (χ1) is 14.4. The van der Waals surface area contributed by atoms with Crippen LogP contribution in [0.1, 0.15) is 68.2 Å². The summed E-state index contributed by atoms with van der Waals surface area (Å²) < 4.78 is 11.3. The molecule has 2 aliphatic rings. The fourth-order valence-electron chi connectivity index (χ4n) is 4.62. The van der Waals surface area contributed by atoms with Crippen LogP contribution in [0.25, 0.3) is 0 Å². The van der Waals surface area contributed by atoms with Crippen LogP contribution >= 0.6 is 0 Å². The Balaban J connectivity index is 1.92. The lowest BCUT2D eigenvalue weighted by atomic mass is 9.77. The van der Waals surface area contributed by atoms with Crippen LogP contribution in [0, 0.1) is 17.8 Å². The van der Waals surface area contributed by atoms with E-state index in [9.17, 15) is 30.0 Å². The maximum atomic E-state index is 13.4. The van der Waals surface area contributed by atoms with Gasteiger partial charge in [0.25, 0.3) is 0 Å². The van der Waals surface area contributed by atoms with Crippen LogP contribution in [0.3, 0.4) is 0 Å². The number of ether oxygens (including phenoxy) is 2. The molecule has 2 aliphatic heterocycles. The molecule has 0 amide bonds. The average Bonchev–Trinajstić information content (AvgIpc) is 3.41. The van der Waals surface area contributed by atoms with E-state index in [1.165, 1.54) is 6.07 Å². The Morgan fingerprint density at radius 3 is 2.10 bits per heavy atom. The summed E-state index contributed by atoms with van der Waals surface area (Å²) in [5, 5.41) is 41.7. The van der Waals surface area contributed by atoms with Crippen molar-refractivity contribution in [3.05, 3.63) is 23.3 Å². The first kappa shape index (κ1) is 23.7. The van der Waals surface area contributed by atoms with Gasteiger partial charge < -0.3 is 29.9 Å². The molecule has 1 spiro atoms. The molecule has 8 nitrogen and oxygen atoms in total. The van der Waals surface area contributed by atoms with E-state index in [0.717, 1.165) is 6.07 Å². The maximum absolute atomic E-state index is 13.4. The number of aromatic hydroxyl groups is 2. The number of carbonyl (C=O) groups excluding carboxylic acids is 2. The fraction of sp³-hybridized carbons (Fsp3) is 0.652. The molecule has 2 fully saturated rings. The van der Waals surface area contributed by atoms with Crippen LogP contribution < -0.4 is 0 Å². The number of phenolic OH excluding ortho intramolecular Hbond substituents is 2. The van der Waals surface area contributed by atoms with Gasteiger partial charge in [-0.1, -0.05) is 34.6 Å². The minimum absolute atomic E-state index is 0.0422. The molecule has 3 rings (SSSR count). The first-order valence-corrected chi connectivity index (χ1v) is 10.8. The van der Waals surface area contributed by atoms with E-state index in [2.05, 4.69) is 0 Å². The van der Waals surface area contributed by atoms with Crippen molar-refractivity contribution in [3.8, 4) is 11.5 Å². The Labute approximate surface area is 181 Å². The van der Waals surface area contributed by atoms with E-state index in [0.29, 0.717) is 6.42 Å². The lowest BCUT2D eigenvalue weighted by Gasteiger charge is -2.40. The second-order valence-corrected chi connectivity index (χ2v) is 9.19. The third-order valence-electron chi connectivity index (χ3n) is 6.42. The highest BCUT2D eigenvalue weighted by atomic mass is 16.7. The summed E-state index contributed by atoms with van der Waals surface area (Å²) in [6.07, 6.45) is -2.82. The SMILES string of the molecule is CC[C@@H]1O[C@@]12[C@H](O)C[C@H](C(C(=O)c1cc(C(=O)C(C)C)c(O)cc1O)C(C)C)O[C@H]2O. The van der Waals surface area contributed by atoms with Gasteiger partial charge in [-0.25, -0.2) is 0 Å². The quantitative estimate of drug-likeness (QED) is 0.378. The zero-order valence-electron chi connectivity index (χ0n) is 18.5. The number of epoxide rings is 1. The second kappa shape index (κ2) is 8.50. The largest absolute Gasteiger partial charge is 0.507 e. The summed E-state index contributed by atoms with van der Waals surface area (Å²) >= 11 is 0. The number of hydrogen-bond acceptors (Lipinski definition) is 8. The minimum Gasteiger partial charge on any atom is -0.507 e. The molecule has 0 aromatic heterocycles. The minimum atomic E-state index is -1.38. The number of aliphatic hydroxyl groups excluding tert-OH is 2. The molecule has 8 heteroatoms. The van der Waals surface area contributed by atoms with E-state index in [4.69, 9.17) is 9.47 Å². The molecule has 1 aromatic rings. The summed E-state index contributed by atoms with van der Waals surface area (Å²) in [6, 6.07) is 2.20. The fourth-order valence-corrected chi connectivity index (χ4v) is 4.62. The van der Waals surface area contributed by atoms with Crippen molar-refractivity contribution in [2.45, 2.75) is 77.7 Å². The van der Waals surface area contributed by atoms with Crippen molar-refractivity contribution < 1.29 is 39.5 Å². The molecular weight excluding hydrogens is 404 g/mol. The molecule has 1 aromatic carbocycles. The highest BCUT2D eigenvalue weighted by Crippen LogP contribution is 2.50. The monoisotopic (exact) mass is 436 g/mol. The number of benzene rings is 1. The van der Waals surface area contributed by atoms with Gasteiger partial charge in [0.15, 0.2) is 23.5 Å². The van der Waals surface area contributed by atoms with Gasteiger partial charge in [0.05, 0.1) is 35.4 Å². The summed E-state index contributed by atoms with van der Waals surface area (Å²) in [7, 11) is 0. The first-order valence-electron chi connectivity index (χ1n) is 10.8. The van der Waals surface area contributed by atoms with Gasteiger partial charge in [0, 0.05) is 18.4 Å². The van der Waals surface area contributed by atoms with Crippen LogP contribution in [0.4, 0.5) is 0 Å². The van der Waals surface area contributed by atoms with Crippen LogP contribution in [0.15, 0.2) is 12.1 Å². The van der Waals surface area contributed by atoms with Crippen molar-refractivity contribution in [2.24, 2.45) is 17.8 Å². The van der Waals surface area contributed by atoms with Crippen molar-refractivity contribution in [1.82, 2.24) is 0 Å². The molecule has 1 unspecified atom stereocenters. The van der Waals surface area contributed by atoms with Gasteiger partial charge in [-0.15, -0.1) is 0 Å². The Bertz CT molecular complexity index is 849. The Morgan fingerprint density at radius 2 is 1.65 bits per heavy atom. The molecule has 0 aliphatic carbocycles.